The van der Waals surface area contributed by atoms with Crippen LogP contribution < -0.4 is 0 Å². The Hall–Kier alpha value is -0.780. The summed E-state index contributed by atoms with van der Waals surface area (Å²) in [4.78, 5) is 0. The predicted molar refractivity (Wildman–Crippen MR) is 183 cm³/mol. The van der Waals surface area contributed by atoms with E-state index in [4.69, 9.17) is 28.4 Å². The van der Waals surface area contributed by atoms with Gasteiger partial charge in [0.25, 0.3) is 0 Å². The molecule has 4 aliphatic heterocycles. The summed E-state index contributed by atoms with van der Waals surface area (Å²) in [5.41, 5.74) is 0.128. The second-order valence-corrected chi connectivity index (χ2v) is 18.4. The monoisotopic (exact) mass is 738 g/mol. The molecule has 52 heavy (non-hydrogen) atoms. The summed E-state index contributed by atoms with van der Waals surface area (Å²) >= 11 is 0. The third kappa shape index (κ3) is 5.50. The molecule has 0 unspecified atom stereocenters. The van der Waals surface area contributed by atoms with E-state index in [2.05, 4.69) is 33.8 Å². The van der Waals surface area contributed by atoms with Crippen LogP contribution in [-0.4, -0.2) is 134 Å². The van der Waals surface area contributed by atoms with Crippen molar-refractivity contribution in [3.8, 4) is 0 Å². The third-order valence-electron chi connectivity index (χ3n) is 15.8. The van der Waals surface area contributed by atoms with Crippen molar-refractivity contribution in [2.45, 2.75) is 177 Å². The minimum atomic E-state index is -1.63. The number of aliphatic hydroxyl groups is 7. The third-order valence-corrected chi connectivity index (χ3v) is 15.8. The Morgan fingerprint density at radius 1 is 0.827 bits per heavy atom. The lowest BCUT2D eigenvalue weighted by Gasteiger charge is -2.60. The molecule has 7 N–H and O–H groups in total. The number of allylic oxidation sites excluding steroid dienone is 1. The lowest BCUT2D eigenvalue weighted by Crippen LogP contribution is -2.64. The molecule has 13 heteroatoms. The molecule has 21 atom stereocenters. The molecule has 7 fully saturated rings. The first-order valence-electron chi connectivity index (χ1n) is 19.9. The van der Waals surface area contributed by atoms with Crippen LogP contribution in [-0.2, 0) is 28.4 Å². The Labute approximate surface area is 306 Å². The number of aliphatic hydroxyl groups excluding tert-OH is 6. The van der Waals surface area contributed by atoms with E-state index in [-0.39, 0.29) is 29.0 Å². The predicted octanol–water partition coefficient (Wildman–Crippen LogP) is 1.50. The Morgan fingerprint density at radius 3 is 2.29 bits per heavy atom. The van der Waals surface area contributed by atoms with Gasteiger partial charge in [0.15, 0.2) is 18.4 Å². The first kappa shape index (κ1) is 38.1. The highest BCUT2D eigenvalue weighted by molar-refractivity contribution is 5.29. The van der Waals surface area contributed by atoms with Crippen molar-refractivity contribution in [2.24, 2.45) is 40.4 Å². The molecular weight excluding hydrogens is 676 g/mol. The normalized spacial score (nSPS) is 58.9. The minimum absolute atomic E-state index is 0.0290. The smallest absolute Gasteiger partial charge is 0.187 e. The molecule has 1 spiro atoms. The van der Waals surface area contributed by atoms with E-state index in [1.807, 2.05) is 0 Å². The quantitative estimate of drug-likeness (QED) is 0.201. The Balaban J connectivity index is 0.952. The van der Waals surface area contributed by atoms with Crippen LogP contribution in [0.2, 0.25) is 0 Å². The molecule has 4 heterocycles. The fourth-order valence-corrected chi connectivity index (χ4v) is 12.5. The van der Waals surface area contributed by atoms with Crippen molar-refractivity contribution < 1.29 is 64.2 Å². The average molecular weight is 739 g/mol. The minimum Gasteiger partial charge on any atom is -0.394 e. The largest absolute Gasteiger partial charge is 0.394 e. The number of hydrogen-bond donors (Lipinski definition) is 7. The van der Waals surface area contributed by atoms with Crippen molar-refractivity contribution in [1.29, 1.82) is 0 Å². The Bertz CT molecular complexity index is 1350. The zero-order valence-electron chi connectivity index (χ0n) is 31.3. The van der Waals surface area contributed by atoms with E-state index in [0.717, 1.165) is 51.4 Å². The molecule has 0 amide bonds. The Morgan fingerprint density at radius 2 is 1.58 bits per heavy atom. The lowest BCUT2D eigenvalue weighted by molar-refractivity contribution is -0.361. The van der Waals surface area contributed by atoms with E-state index in [1.54, 1.807) is 0 Å². The van der Waals surface area contributed by atoms with E-state index in [0.29, 0.717) is 36.7 Å². The summed E-state index contributed by atoms with van der Waals surface area (Å²) in [6, 6.07) is 0. The van der Waals surface area contributed by atoms with Gasteiger partial charge in [-0.05, 0) is 87.4 Å². The average Bonchev–Trinajstić information content (AvgIpc) is 3.48. The van der Waals surface area contributed by atoms with Crippen molar-refractivity contribution in [3.63, 3.8) is 0 Å². The summed E-state index contributed by atoms with van der Waals surface area (Å²) in [5, 5.41) is 75.9. The van der Waals surface area contributed by atoms with E-state index < -0.39 is 79.4 Å². The highest BCUT2D eigenvalue weighted by atomic mass is 16.7. The van der Waals surface area contributed by atoms with Crippen LogP contribution >= 0.6 is 0 Å². The molecule has 4 aliphatic carbocycles. The molecule has 0 aromatic carbocycles. The van der Waals surface area contributed by atoms with Gasteiger partial charge in [-0.1, -0.05) is 39.3 Å². The first-order valence-corrected chi connectivity index (χ1v) is 19.9. The van der Waals surface area contributed by atoms with Crippen LogP contribution in [0, 0.1) is 40.4 Å². The summed E-state index contributed by atoms with van der Waals surface area (Å²) in [6.45, 7) is 10.7. The standard InChI is InChI=1S/C39H62O13/c1-18-8-13-38(47-17-18)20(3)39(46)27(52-38)15-25-23-7-6-21-14-22(9-11-36(21,4)24(23)10-12-37(25,39)5)49-35-32(45)33(29(42)26(16-40)50-35)51-34-31(44)30(43)28(41)19(2)48-34/h6,18-20,22-35,40-46H,7-17H2,1-5H3/t18-,19+,20-,22+,23-,24+,25+,26-,27+,28+,29-,30-,31-,32-,33+,34+,35-,36+,37+,38-,39+/m1/s1. The number of rotatable bonds is 5. The summed E-state index contributed by atoms with van der Waals surface area (Å²) < 4.78 is 36.9. The SMILES string of the molecule is C[C@@H]1CC[C@@]2(OC1)O[C@H]1C[C@H]3[C@@H]4CC=C5C[C@@H](O[C@@H]6O[C@H](CO)[C@@H](O)[C@H](O[C@@H]7O[C@@H](C)[C@H](O)[C@@H](O)[C@H]7O)[C@H]6O)CC[C@]5(C)[C@H]4CC[C@]3(C)[C@]1(O)[C@@H]2C. The summed E-state index contributed by atoms with van der Waals surface area (Å²) in [7, 11) is 0. The lowest BCUT2D eigenvalue weighted by atomic mass is 9.46. The molecular formula is C39H62O13. The maximum absolute atomic E-state index is 12.7. The molecule has 8 rings (SSSR count). The van der Waals surface area contributed by atoms with Gasteiger partial charge >= 0.3 is 0 Å². The van der Waals surface area contributed by atoms with Crippen LogP contribution in [0.25, 0.3) is 0 Å². The van der Waals surface area contributed by atoms with Crippen LogP contribution in [0.15, 0.2) is 11.6 Å². The first-order chi connectivity index (χ1) is 24.6. The highest BCUT2D eigenvalue weighted by Crippen LogP contribution is 2.72. The van der Waals surface area contributed by atoms with Crippen LogP contribution in [0.4, 0.5) is 0 Å². The zero-order valence-corrected chi connectivity index (χ0v) is 31.3. The molecule has 3 saturated carbocycles. The molecule has 0 aromatic heterocycles. The van der Waals surface area contributed by atoms with Gasteiger partial charge in [0.05, 0.1) is 31.5 Å². The van der Waals surface area contributed by atoms with Gasteiger partial charge in [-0.25, -0.2) is 0 Å². The highest BCUT2D eigenvalue weighted by Gasteiger charge is 2.76. The van der Waals surface area contributed by atoms with E-state index >= 15 is 0 Å². The van der Waals surface area contributed by atoms with Crippen LogP contribution in [0.1, 0.15) is 92.4 Å². The fraction of sp³-hybridized carbons (Fsp3) is 0.949. The van der Waals surface area contributed by atoms with Crippen molar-refractivity contribution >= 4 is 0 Å². The molecule has 0 aromatic rings. The van der Waals surface area contributed by atoms with Crippen molar-refractivity contribution in [1.82, 2.24) is 0 Å². The van der Waals surface area contributed by atoms with Crippen LogP contribution in [0.5, 0.6) is 0 Å². The van der Waals surface area contributed by atoms with E-state index in [1.165, 1.54) is 12.5 Å². The topological polar surface area (TPSA) is 197 Å². The van der Waals surface area contributed by atoms with Gasteiger partial charge in [0.2, 0.25) is 0 Å². The molecule has 13 nitrogen and oxygen atoms in total. The Kier molecular flexibility index (Phi) is 9.83. The maximum atomic E-state index is 12.7. The second kappa shape index (κ2) is 13.4. The zero-order chi connectivity index (χ0) is 37.1. The van der Waals surface area contributed by atoms with Gasteiger partial charge in [-0.15, -0.1) is 0 Å². The molecule has 4 saturated heterocycles. The van der Waals surface area contributed by atoms with Gasteiger partial charge in [-0.2, -0.15) is 0 Å². The molecule has 296 valence electrons. The maximum Gasteiger partial charge on any atom is 0.187 e. The number of ether oxygens (including phenoxy) is 6. The fourth-order valence-electron chi connectivity index (χ4n) is 12.5. The van der Waals surface area contributed by atoms with Crippen LogP contribution in [0.3, 0.4) is 0 Å². The summed E-state index contributed by atoms with van der Waals surface area (Å²) in [6.07, 6.45) is -3.80. The van der Waals surface area contributed by atoms with Gasteiger partial charge in [0, 0.05) is 17.8 Å². The van der Waals surface area contributed by atoms with Crippen molar-refractivity contribution in [2.75, 3.05) is 13.2 Å². The van der Waals surface area contributed by atoms with Gasteiger partial charge in [0.1, 0.15) is 48.3 Å². The van der Waals surface area contributed by atoms with Gasteiger partial charge in [-0.3, -0.25) is 0 Å². The molecule has 0 radical (unpaired) electrons. The molecule has 0 bridgehead atoms. The number of hydrogen-bond acceptors (Lipinski definition) is 13. The van der Waals surface area contributed by atoms with Gasteiger partial charge < -0.3 is 64.2 Å². The number of fused-ring (bicyclic) bond motifs is 7. The van der Waals surface area contributed by atoms with E-state index in [9.17, 15) is 35.7 Å². The van der Waals surface area contributed by atoms with Crippen molar-refractivity contribution in [3.05, 3.63) is 11.6 Å². The molecule has 8 aliphatic rings. The second-order valence-electron chi connectivity index (χ2n) is 18.4. The summed E-state index contributed by atoms with van der Waals surface area (Å²) in [5.74, 6) is 0.963.